The Morgan fingerprint density at radius 2 is 2.18 bits per heavy atom. The molecule has 2 heterocycles. The zero-order valence-corrected chi connectivity index (χ0v) is 13.4. The third kappa shape index (κ3) is 2.82. The van der Waals surface area contributed by atoms with E-state index < -0.39 is 0 Å². The van der Waals surface area contributed by atoms with Crippen molar-refractivity contribution in [2.24, 2.45) is 0 Å². The van der Waals surface area contributed by atoms with Crippen LogP contribution < -0.4 is 5.32 Å². The Bertz CT molecular complexity index is 665. The summed E-state index contributed by atoms with van der Waals surface area (Å²) in [4.78, 5) is 31.5. The number of amides is 3. The molecule has 1 aliphatic rings. The van der Waals surface area contributed by atoms with E-state index in [4.69, 9.17) is 0 Å². The highest BCUT2D eigenvalue weighted by molar-refractivity contribution is 7.18. The van der Waals surface area contributed by atoms with E-state index >= 15 is 0 Å². The molecule has 1 aromatic carbocycles. The fraction of sp³-hybridized carbons (Fsp3) is 0.400. The molecule has 1 aliphatic heterocycles. The number of rotatable bonds is 4. The van der Waals surface area contributed by atoms with Crippen LogP contribution in [-0.2, 0) is 4.79 Å². The Morgan fingerprint density at radius 1 is 1.41 bits per heavy atom. The molecule has 0 unspecified atom stereocenters. The number of benzene rings is 1. The second-order valence-corrected chi connectivity index (χ2v) is 6.46. The molecule has 0 radical (unpaired) electrons. The summed E-state index contributed by atoms with van der Waals surface area (Å²) >= 11 is 1.64. The van der Waals surface area contributed by atoms with Gasteiger partial charge < -0.3 is 5.32 Å². The summed E-state index contributed by atoms with van der Waals surface area (Å²) in [6.45, 7) is 2.72. The molecule has 1 aromatic heterocycles. The van der Waals surface area contributed by atoms with Crippen LogP contribution >= 0.6 is 11.3 Å². The maximum Gasteiger partial charge on any atom is 0.325 e. The number of para-hydroxylation sites is 1. The summed E-state index contributed by atoms with van der Waals surface area (Å²) in [6, 6.07) is 7.71. The van der Waals surface area contributed by atoms with E-state index in [0.717, 1.165) is 15.2 Å². The highest BCUT2D eigenvalue weighted by Crippen LogP contribution is 2.28. The topological polar surface area (TPSA) is 65.5 Å². The van der Waals surface area contributed by atoms with Crippen LogP contribution in [0.15, 0.2) is 24.3 Å². The average Bonchev–Trinajstić information content (AvgIpc) is 2.94. The number of carbonyl (C=O) groups is 2. The lowest BCUT2D eigenvalue weighted by atomic mass is 10.3. The number of fused-ring (bicyclic) bond motifs is 1. The fourth-order valence-corrected chi connectivity index (χ4v) is 3.45. The Labute approximate surface area is 132 Å². The van der Waals surface area contributed by atoms with Crippen LogP contribution in [0.2, 0.25) is 0 Å². The van der Waals surface area contributed by atoms with Crippen molar-refractivity contribution in [1.29, 1.82) is 0 Å². The van der Waals surface area contributed by atoms with Gasteiger partial charge >= 0.3 is 6.03 Å². The van der Waals surface area contributed by atoms with E-state index in [1.807, 2.05) is 43.1 Å². The smallest absolute Gasteiger partial charge is 0.325 e. The lowest BCUT2D eigenvalue weighted by Gasteiger charge is -2.32. The number of hydrogen-bond donors (Lipinski definition) is 1. The standard InChI is InChI=1S/C15H18N4O2S/c1-10(14-17-11-5-3-4-6-12(11)22-14)18(2)9-19-13(20)7-8-16-15(19)21/h3-6,10H,7-9H2,1-2H3,(H,16,21)/t10-/m1/s1. The van der Waals surface area contributed by atoms with Crippen molar-refractivity contribution in [3.63, 3.8) is 0 Å². The van der Waals surface area contributed by atoms with Gasteiger partial charge in [-0.25, -0.2) is 9.78 Å². The van der Waals surface area contributed by atoms with Crippen molar-refractivity contribution in [3.8, 4) is 0 Å². The monoisotopic (exact) mass is 318 g/mol. The highest BCUT2D eigenvalue weighted by atomic mass is 32.1. The molecule has 1 saturated heterocycles. The summed E-state index contributed by atoms with van der Waals surface area (Å²) in [6.07, 6.45) is 0.356. The van der Waals surface area contributed by atoms with E-state index in [1.54, 1.807) is 11.3 Å². The van der Waals surface area contributed by atoms with Crippen LogP contribution in [0.3, 0.4) is 0 Å². The number of urea groups is 1. The molecule has 3 rings (SSSR count). The van der Waals surface area contributed by atoms with Crippen LogP contribution in [0.5, 0.6) is 0 Å². The number of nitrogens with zero attached hydrogens (tertiary/aromatic N) is 3. The maximum absolute atomic E-state index is 11.9. The first-order valence-electron chi connectivity index (χ1n) is 7.20. The van der Waals surface area contributed by atoms with Gasteiger partial charge in [0.2, 0.25) is 5.91 Å². The number of aromatic nitrogens is 1. The third-order valence-electron chi connectivity index (χ3n) is 3.85. The first-order chi connectivity index (χ1) is 10.6. The van der Waals surface area contributed by atoms with Crippen molar-refractivity contribution in [1.82, 2.24) is 20.1 Å². The van der Waals surface area contributed by atoms with Gasteiger partial charge in [0.1, 0.15) is 5.01 Å². The minimum atomic E-state index is -0.320. The summed E-state index contributed by atoms with van der Waals surface area (Å²) in [5, 5.41) is 3.67. The largest absolute Gasteiger partial charge is 0.337 e. The number of nitrogens with one attached hydrogen (secondary N) is 1. The average molecular weight is 318 g/mol. The quantitative estimate of drug-likeness (QED) is 0.938. The predicted octanol–water partition coefficient (Wildman–Crippen LogP) is 2.19. The van der Waals surface area contributed by atoms with Gasteiger partial charge in [-0.3, -0.25) is 14.6 Å². The van der Waals surface area contributed by atoms with E-state index in [1.165, 1.54) is 4.90 Å². The zero-order chi connectivity index (χ0) is 15.7. The predicted molar refractivity (Wildman–Crippen MR) is 85.5 cm³/mol. The fourth-order valence-electron chi connectivity index (χ4n) is 2.37. The molecule has 1 N–H and O–H groups in total. The van der Waals surface area contributed by atoms with Gasteiger partial charge in [0.15, 0.2) is 0 Å². The van der Waals surface area contributed by atoms with Crippen molar-refractivity contribution in [2.75, 3.05) is 20.3 Å². The summed E-state index contributed by atoms with van der Waals surface area (Å²) in [7, 11) is 1.89. The van der Waals surface area contributed by atoms with Gasteiger partial charge in [-0.05, 0) is 26.1 Å². The van der Waals surface area contributed by atoms with Crippen LogP contribution in [0.25, 0.3) is 10.2 Å². The molecule has 0 bridgehead atoms. The number of thiazole rings is 1. The SMILES string of the molecule is C[C@H](c1nc2ccccc2s1)N(C)CN1C(=O)CCNC1=O. The normalized spacial score (nSPS) is 17.1. The lowest BCUT2D eigenvalue weighted by Crippen LogP contribution is -2.53. The third-order valence-corrected chi connectivity index (χ3v) is 5.06. The minimum Gasteiger partial charge on any atom is -0.337 e. The molecule has 6 nitrogen and oxygen atoms in total. The Morgan fingerprint density at radius 3 is 2.91 bits per heavy atom. The maximum atomic E-state index is 11.9. The van der Waals surface area contributed by atoms with E-state index in [2.05, 4.69) is 10.3 Å². The van der Waals surface area contributed by atoms with Gasteiger partial charge in [0.25, 0.3) is 0 Å². The van der Waals surface area contributed by atoms with Crippen molar-refractivity contribution in [3.05, 3.63) is 29.3 Å². The summed E-state index contributed by atoms with van der Waals surface area (Å²) in [5.74, 6) is -0.132. The Balaban J connectivity index is 1.74. The van der Waals surface area contributed by atoms with Gasteiger partial charge in [-0.1, -0.05) is 12.1 Å². The first-order valence-corrected chi connectivity index (χ1v) is 8.02. The number of imide groups is 1. The van der Waals surface area contributed by atoms with Gasteiger partial charge in [0.05, 0.1) is 22.9 Å². The molecule has 7 heteroatoms. The molecule has 3 amide bonds. The number of carbonyl (C=O) groups excluding carboxylic acids is 2. The molecule has 116 valence electrons. The Hall–Kier alpha value is -1.99. The van der Waals surface area contributed by atoms with Crippen LogP contribution in [0, 0.1) is 0 Å². The van der Waals surface area contributed by atoms with Crippen molar-refractivity contribution < 1.29 is 9.59 Å². The van der Waals surface area contributed by atoms with Crippen molar-refractivity contribution >= 4 is 33.5 Å². The summed E-state index contributed by atoms with van der Waals surface area (Å²) in [5.41, 5.74) is 0.981. The van der Waals surface area contributed by atoms with Crippen LogP contribution in [0.1, 0.15) is 24.4 Å². The second-order valence-electron chi connectivity index (χ2n) is 5.40. The molecule has 22 heavy (non-hydrogen) atoms. The number of hydrogen-bond acceptors (Lipinski definition) is 5. The molecule has 2 aromatic rings. The van der Waals surface area contributed by atoms with Gasteiger partial charge in [-0.15, -0.1) is 11.3 Å². The van der Waals surface area contributed by atoms with Crippen LogP contribution in [-0.4, -0.2) is 47.0 Å². The Kier molecular flexibility index (Phi) is 4.08. The van der Waals surface area contributed by atoms with Crippen molar-refractivity contribution in [2.45, 2.75) is 19.4 Å². The van der Waals surface area contributed by atoms with E-state index in [-0.39, 0.29) is 24.6 Å². The van der Waals surface area contributed by atoms with E-state index in [9.17, 15) is 9.59 Å². The highest BCUT2D eigenvalue weighted by Gasteiger charge is 2.28. The zero-order valence-electron chi connectivity index (χ0n) is 12.6. The molecule has 0 saturated carbocycles. The van der Waals surface area contributed by atoms with Gasteiger partial charge in [-0.2, -0.15) is 0 Å². The minimum absolute atomic E-state index is 0.0277. The van der Waals surface area contributed by atoms with Gasteiger partial charge in [0, 0.05) is 13.0 Å². The first kappa shape index (κ1) is 14.9. The molecule has 1 fully saturated rings. The molecule has 1 atom stereocenters. The molecule has 0 aliphatic carbocycles. The lowest BCUT2D eigenvalue weighted by molar-refractivity contribution is -0.131. The van der Waals surface area contributed by atoms with E-state index in [0.29, 0.717) is 13.0 Å². The summed E-state index contributed by atoms with van der Waals surface area (Å²) < 4.78 is 1.14. The molecular formula is C15H18N4O2S. The van der Waals surface area contributed by atoms with Crippen LogP contribution in [0.4, 0.5) is 4.79 Å². The molecular weight excluding hydrogens is 300 g/mol. The second kappa shape index (κ2) is 6.02. The molecule has 0 spiro atoms.